The first kappa shape index (κ1) is 20.3. The van der Waals surface area contributed by atoms with Gasteiger partial charge in [-0.25, -0.2) is 5.53 Å². The van der Waals surface area contributed by atoms with E-state index in [9.17, 15) is 4.79 Å². The van der Waals surface area contributed by atoms with Crippen LogP contribution in [-0.4, -0.2) is 23.9 Å². The van der Waals surface area contributed by atoms with E-state index in [1.807, 2.05) is 12.1 Å². The Labute approximate surface area is 178 Å². The predicted octanol–water partition coefficient (Wildman–Crippen LogP) is 5.29. The van der Waals surface area contributed by atoms with Gasteiger partial charge in [-0.05, 0) is 54.0 Å². The molecule has 0 spiro atoms. The summed E-state index contributed by atoms with van der Waals surface area (Å²) in [5.74, 6) is 0.218. The second-order valence-electron chi connectivity index (χ2n) is 8.31. The number of fused-ring (bicyclic) bond motifs is 1. The molecule has 5 heteroatoms. The minimum Gasteiger partial charge on any atom is -0.392 e. The number of nitrogens with one attached hydrogen (secondary N) is 2. The average molecular weight is 403 g/mol. The molecular formula is C25H30N4O. The van der Waals surface area contributed by atoms with Crippen LogP contribution in [0, 0.1) is 5.53 Å². The molecule has 2 N–H and O–H groups in total. The van der Waals surface area contributed by atoms with Gasteiger partial charge in [-0.3, -0.25) is 4.79 Å². The summed E-state index contributed by atoms with van der Waals surface area (Å²) in [6.45, 7) is 2.96. The van der Waals surface area contributed by atoms with Gasteiger partial charge in [-0.15, -0.1) is 0 Å². The molecule has 2 aliphatic rings. The largest absolute Gasteiger partial charge is 0.392 e. The van der Waals surface area contributed by atoms with E-state index in [0.717, 1.165) is 43.4 Å². The normalized spacial score (nSPS) is 16.8. The van der Waals surface area contributed by atoms with Crippen LogP contribution in [0.15, 0.2) is 47.7 Å². The summed E-state index contributed by atoms with van der Waals surface area (Å²) in [6, 6.07) is 13.0. The van der Waals surface area contributed by atoms with Crippen LogP contribution in [0.4, 0.5) is 0 Å². The standard InChI is InChI=1S/C25H30N4O/c1-3-18-13-21-16-29(22-6-4-5-7-22)25(30)23(21)14-20(18)12-17-8-10-19(11-9-17)24(28-26)15-27-2/h8-11,13-15,22,26-27H,3-7,12,16H2,1-2H3/b24-15-,28-26?. The first-order valence-electron chi connectivity index (χ1n) is 10.9. The van der Waals surface area contributed by atoms with E-state index < -0.39 is 0 Å². The van der Waals surface area contributed by atoms with Gasteiger partial charge in [0.05, 0.1) is 0 Å². The molecule has 0 saturated heterocycles. The summed E-state index contributed by atoms with van der Waals surface area (Å²) in [7, 11) is 1.80. The Bertz CT molecular complexity index is 971. The number of benzene rings is 2. The van der Waals surface area contributed by atoms with Crippen LogP contribution in [-0.2, 0) is 19.4 Å². The molecule has 1 aliphatic heterocycles. The Morgan fingerprint density at radius 1 is 1.20 bits per heavy atom. The third-order valence-electron chi connectivity index (χ3n) is 6.45. The molecule has 1 saturated carbocycles. The quantitative estimate of drug-likeness (QED) is 0.618. The minimum absolute atomic E-state index is 0.218. The van der Waals surface area contributed by atoms with Crippen molar-refractivity contribution in [2.75, 3.05) is 7.05 Å². The lowest BCUT2D eigenvalue weighted by atomic mass is 9.93. The highest BCUT2D eigenvalue weighted by Crippen LogP contribution is 2.33. The summed E-state index contributed by atoms with van der Waals surface area (Å²) >= 11 is 0. The highest BCUT2D eigenvalue weighted by atomic mass is 16.2. The molecule has 30 heavy (non-hydrogen) atoms. The van der Waals surface area contributed by atoms with Gasteiger partial charge in [-0.1, -0.05) is 50.1 Å². The Hall–Kier alpha value is -2.95. The van der Waals surface area contributed by atoms with E-state index in [1.54, 1.807) is 13.2 Å². The van der Waals surface area contributed by atoms with Crippen molar-refractivity contribution >= 4 is 11.6 Å². The number of carbonyl (C=O) groups excluding carboxylic acids is 1. The van der Waals surface area contributed by atoms with Gasteiger partial charge in [0.25, 0.3) is 5.91 Å². The second kappa shape index (κ2) is 8.82. The molecule has 4 rings (SSSR count). The summed E-state index contributed by atoms with van der Waals surface area (Å²) in [5, 5.41) is 6.51. The van der Waals surface area contributed by atoms with Crippen LogP contribution in [0.25, 0.3) is 5.70 Å². The first-order valence-corrected chi connectivity index (χ1v) is 10.9. The molecular weight excluding hydrogens is 372 g/mol. The molecule has 0 radical (unpaired) electrons. The summed E-state index contributed by atoms with van der Waals surface area (Å²) in [6.07, 6.45) is 8.26. The maximum Gasteiger partial charge on any atom is 0.254 e. The highest BCUT2D eigenvalue weighted by Gasteiger charge is 2.34. The van der Waals surface area contributed by atoms with Crippen molar-refractivity contribution in [2.45, 2.75) is 58.0 Å². The Morgan fingerprint density at radius 3 is 2.57 bits per heavy atom. The van der Waals surface area contributed by atoms with Crippen molar-refractivity contribution in [2.24, 2.45) is 5.11 Å². The third kappa shape index (κ3) is 3.89. The van der Waals surface area contributed by atoms with Crippen molar-refractivity contribution in [1.29, 1.82) is 5.53 Å². The SMILES string of the molecule is CCc1cc2c(cc1Cc1ccc(/C(=C/NC)N=N)cc1)C(=O)N(C1CCCC1)C2. The van der Waals surface area contributed by atoms with Gasteiger partial charge in [0.15, 0.2) is 0 Å². The van der Waals surface area contributed by atoms with Gasteiger partial charge in [0.2, 0.25) is 0 Å². The van der Waals surface area contributed by atoms with Crippen LogP contribution in [0.1, 0.15) is 70.8 Å². The summed E-state index contributed by atoms with van der Waals surface area (Å²) in [5.41, 5.74) is 14.7. The zero-order valence-corrected chi connectivity index (χ0v) is 17.9. The van der Waals surface area contributed by atoms with Crippen molar-refractivity contribution in [3.63, 3.8) is 0 Å². The molecule has 156 valence electrons. The van der Waals surface area contributed by atoms with E-state index in [1.165, 1.54) is 35.1 Å². The fourth-order valence-electron chi connectivity index (χ4n) is 4.82. The Kier molecular flexibility index (Phi) is 5.98. The number of rotatable bonds is 7. The molecule has 2 aromatic carbocycles. The number of amides is 1. The maximum atomic E-state index is 13.1. The van der Waals surface area contributed by atoms with E-state index in [2.05, 4.69) is 46.5 Å². The fraction of sp³-hybridized carbons (Fsp3) is 0.400. The number of nitrogens with zero attached hydrogens (tertiary/aromatic N) is 2. The maximum absolute atomic E-state index is 13.1. The second-order valence-corrected chi connectivity index (χ2v) is 8.31. The number of carbonyl (C=O) groups is 1. The molecule has 2 aromatic rings. The van der Waals surface area contributed by atoms with E-state index in [-0.39, 0.29) is 5.91 Å². The number of hydrogen-bond acceptors (Lipinski definition) is 4. The van der Waals surface area contributed by atoms with Crippen LogP contribution < -0.4 is 5.32 Å². The molecule has 5 nitrogen and oxygen atoms in total. The van der Waals surface area contributed by atoms with Gasteiger partial charge >= 0.3 is 0 Å². The van der Waals surface area contributed by atoms with Crippen LogP contribution in [0.5, 0.6) is 0 Å². The molecule has 1 heterocycles. The average Bonchev–Trinajstić information content (AvgIpc) is 3.40. The summed E-state index contributed by atoms with van der Waals surface area (Å²) in [4.78, 5) is 15.2. The Morgan fingerprint density at radius 2 is 1.93 bits per heavy atom. The van der Waals surface area contributed by atoms with Gasteiger partial charge in [0, 0.05) is 37.0 Å². The molecule has 0 atom stereocenters. The highest BCUT2D eigenvalue weighted by molar-refractivity contribution is 5.99. The smallest absolute Gasteiger partial charge is 0.254 e. The fourth-order valence-corrected chi connectivity index (χ4v) is 4.82. The zero-order valence-electron chi connectivity index (χ0n) is 17.9. The van der Waals surface area contributed by atoms with Crippen molar-refractivity contribution < 1.29 is 4.79 Å². The molecule has 0 aromatic heterocycles. The number of hydrogen-bond donors (Lipinski definition) is 2. The molecule has 1 aliphatic carbocycles. The lowest BCUT2D eigenvalue weighted by molar-refractivity contribution is 0.0707. The monoisotopic (exact) mass is 402 g/mol. The van der Waals surface area contributed by atoms with Crippen molar-refractivity contribution in [3.05, 3.63) is 76.0 Å². The van der Waals surface area contributed by atoms with Gasteiger partial charge < -0.3 is 10.2 Å². The Balaban J connectivity index is 1.58. The van der Waals surface area contributed by atoms with Crippen molar-refractivity contribution in [3.8, 4) is 0 Å². The first-order chi connectivity index (χ1) is 14.6. The van der Waals surface area contributed by atoms with E-state index >= 15 is 0 Å². The zero-order chi connectivity index (χ0) is 21.1. The van der Waals surface area contributed by atoms with Crippen molar-refractivity contribution in [1.82, 2.24) is 10.2 Å². The third-order valence-corrected chi connectivity index (χ3v) is 6.45. The van der Waals surface area contributed by atoms with E-state index in [0.29, 0.717) is 11.7 Å². The van der Waals surface area contributed by atoms with E-state index in [4.69, 9.17) is 5.53 Å². The lowest BCUT2D eigenvalue weighted by Gasteiger charge is -2.23. The number of aryl methyl sites for hydroxylation is 1. The molecule has 0 unspecified atom stereocenters. The lowest BCUT2D eigenvalue weighted by Crippen LogP contribution is -2.33. The molecule has 0 bridgehead atoms. The topological polar surface area (TPSA) is 68.5 Å². The molecule has 1 fully saturated rings. The summed E-state index contributed by atoms with van der Waals surface area (Å²) < 4.78 is 0. The minimum atomic E-state index is 0.218. The van der Waals surface area contributed by atoms with Crippen LogP contribution >= 0.6 is 0 Å². The van der Waals surface area contributed by atoms with Crippen LogP contribution in [0.3, 0.4) is 0 Å². The van der Waals surface area contributed by atoms with Crippen LogP contribution in [0.2, 0.25) is 0 Å². The van der Waals surface area contributed by atoms with Gasteiger partial charge in [-0.2, -0.15) is 5.11 Å². The predicted molar refractivity (Wildman–Crippen MR) is 119 cm³/mol. The van der Waals surface area contributed by atoms with Gasteiger partial charge in [0.1, 0.15) is 5.70 Å². The molecule has 1 amide bonds.